The Morgan fingerprint density at radius 1 is 1.35 bits per heavy atom. The van der Waals surface area contributed by atoms with E-state index in [1.54, 1.807) is 11.3 Å². The van der Waals surface area contributed by atoms with E-state index >= 15 is 0 Å². The molecule has 2 fully saturated rings. The van der Waals surface area contributed by atoms with E-state index in [1.165, 1.54) is 9.88 Å². The highest BCUT2D eigenvalue weighted by Crippen LogP contribution is 2.31. The molecule has 110 valence electrons. The Hall–Kier alpha value is -0.940. The number of hydrogen-bond donors (Lipinski definition) is 1. The smallest absolute Gasteiger partial charge is 0.239 e. The van der Waals surface area contributed by atoms with Crippen molar-refractivity contribution in [2.45, 2.75) is 51.5 Å². The van der Waals surface area contributed by atoms with Gasteiger partial charge in [-0.25, -0.2) is 4.98 Å². The predicted molar refractivity (Wildman–Crippen MR) is 81.2 cm³/mol. The van der Waals surface area contributed by atoms with Gasteiger partial charge >= 0.3 is 0 Å². The fourth-order valence-corrected chi connectivity index (χ4v) is 4.22. The zero-order chi connectivity index (χ0) is 14.1. The van der Waals surface area contributed by atoms with Crippen LogP contribution in [0.5, 0.6) is 0 Å². The van der Waals surface area contributed by atoms with Crippen molar-refractivity contribution in [3.8, 4) is 0 Å². The lowest BCUT2D eigenvalue weighted by Crippen LogP contribution is -2.47. The molecule has 2 unspecified atom stereocenters. The Kier molecular flexibility index (Phi) is 4.08. The molecule has 3 heterocycles. The summed E-state index contributed by atoms with van der Waals surface area (Å²) in [6.07, 6.45) is 4.38. The van der Waals surface area contributed by atoms with Gasteiger partial charge in [-0.2, -0.15) is 0 Å². The van der Waals surface area contributed by atoms with Gasteiger partial charge in [-0.15, -0.1) is 11.3 Å². The van der Waals surface area contributed by atoms with Gasteiger partial charge in [0, 0.05) is 23.9 Å². The van der Waals surface area contributed by atoms with Gasteiger partial charge in [0.25, 0.3) is 0 Å². The number of aromatic nitrogens is 1. The molecule has 1 N–H and O–H groups in total. The number of carbonyl (C=O) groups is 1. The third kappa shape index (κ3) is 2.74. The van der Waals surface area contributed by atoms with Crippen LogP contribution in [0.25, 0.3) is 0 Å². The van der Waals surface area contributed by atoms with Crippen molar-refractivity contribution >= 4 is 17.2 Å². The number of rotatable bonds is 2. The second kappa shape index (κ2) is 5.82. The first-order chi connectivity index (χ1) is 9.65. The first kappa shape index (κ1) is 14.0. The Morgan fingerprint density at radius 2 is 2.20 bits per heavy atom. The third-order valence-electron chi connectivity index (χ3n) is 4.49. The molecule has 0 spiro atoms. The van der Waals surface area contributed by atoms with Gasteiger partial charge < -0.3 is 10.2 Å². The molecule has 0 aliphatic carbocycles. The van der Waals surface area contributed by atoms with Crippen molar-refractivity contribution in [2.75, 3.05) is 19.6 Å². The summed E-state index contributed by atoms with van der Waals surface area (Å²) in [6, 6.07) is 0.0634. The number of aryl methyl sites for hydroxylation is 2. The highest BCUT2D eigenvalue weighted by atomic mass is 32.1. The molecule has 2 aliphatic heterocycles. The van der Waals surface area contributed by atoms with Crippen molar-refractivity contribution in [1.29, 1.82) is 0 Å². The molecule has 2 saturated heterocycles. The van der Waals surface area contributed by atoms with E-state index in [4.69, 9.17) is 4.98 Å². The molecule has 0 aromatic carbocycles. The standard InChI is InChI=1S/C15H23N3OS/c1-10-11(2)20-14(17-10)12-5-4-8-18(9-12)15(19)13-6-3-7-16-13/h12-13,16H,3-9H2,1-2H3. The first-order valence-electron chi connectivity index (χ1n) is 7.61. The lowest BCUT2D eigenvalue weighted by molar-refractivity contribution is -0.134. The zero-order valence-corrected chi connectivity index (χ0v) is 13.1. The molecule has 2 aliphatic rings. The maximum atomic E-state index is 12.5. The molecule has 4 nitrogen and oxygen atoms in total. The maximum Gasteiger partial charge on any atom is 0.239 e. The molecule has 1 aromatic rings. The van der Waals surface area contributed by atoms with Crippen LogP contribution in [0.1, 0.15) is 47.2 Å². The zero-order valence-electron chi connectivity index (χ0n) is 12.3. The van der Waals surface area contributed by atoms with Crippen LogP contribution in [0.15, 0.2) is 0 Å². The summed E-state index contributed by atoms with van der Waals surface area (Å²) in [5.74, 6) is 0.740. The van der Waals surface area contributed by atoms with E-state index < -0.39 is 0 Å². The second-order valence-corrected chi connectivity index (χ2v) is 7.20. The SMILES string of the molecule is Cc1nc(C2CCCN(C(=O)C3CCCN3)C2)sc1C. The van der Waals surface area contributed by atoms with Gasteiger partial charge in [0.1, 0.15) is 0 Å². The molecule has 0 bridgehead atoms. The Bertz CT molecular complexity index is 474. The fraction of sp³-hybridized carbons (Fsp3) is 0.733. The Balaban J connectivity index is 1.68. The van der Waals surface area contributed by atoms with Crippen LogP contribution in [-0.4, -0.2) is 41.5 Å². The molecule has 0 radical (unpaired) electrons. The molecule has 2 atom stereocenters. The minimum atomic E-state index is 0.0634. The predicted octanol–water partition coefficient (Wildman–Crippen LogP) is 2.22. The molecule has 1 amide bonds. The normalized spacial score (nSPS) is 27.0. The summed E-state index contributed by atoms with van der Waals surface area (Å²) in [5.41, 5.74) is 1.14. The molecular formula is C15H23N3OS. The van der Waals surface area contributed by atoms with Gasteiger partial charge in [0.15, 0.2) is 0 Å². The van der Waals surface area contributed by atoms with Crippen LogP contribution < -0.4 is 5.32 Å². The number of hydrogen-bond acceptors (Lipinski definition) is 4. The number of amides is 1. The fourth-order valence-electron chi connectivity index (χ4n) is 3.17. The van der Waals surface area contributed by atoms with Crippen molar-refractivity contribution in [3.05, 3.63) is 15.6 Å². The van der Waals surface area contributed by atoms with E-state index in [9.17, 15) is 4.79 Å². The average molecular weight is 293 g/mol. The summed E-state index contributed by atoms with van der Waals surface area (Å²) in [4.78, 5) is 20.6. The number of nitrogens with zero attached hydrogens (tertiary/aromatic N) is 2. The van der Waals surface area contributed by atoms with E-state index in [1.807, 2.05) is 0 Å². The van der Waals surface area contributed by atoms with Crippen molar-refractivity contribution < 1.29 is 4.79 Å². The summed E-state index contributed by atoms with van der Waals surface area (Å²) in [5, 5.41) is 4.54. The van der Waals surface area contributed by atoms with E-state index in [-0.39, 0.29) is 6.04 Å². The number of piperidine rings is 1. The molecular weight excluding hydrogens is 270 g/mol. The summed E-state index contributed by atoms with van der Waals surface area (Å²) in [6.45, 7) is 6.95. The van der Waals surface area contributed by atoms with Crippen molar-refractivity contribution in [1.82, 2.24) is 15.2 Å². The lowest BCUT2D eigenvalue weighted by Gasteiger charge is -2.33. The van der Waals surface area contributed by atoms with E-state index in [2.05, 4.69) is 24.1 Å². The summed E-state index contributed by atoms with van der Waals surface area (Å²) in [7, 11) is 0. The van der Waals surface area contributed by atoms with Crippen LogP contribution in [0.4, 0.5) is 0 Å². The molecule has 20 heavy (non-hydrogen) atoms. The molecule has 5 heteroatoms. The Morgan fingerprint density at radius 3 is 2.85 bits per heavy atom. The number of likely N-dealkylation sites (tertiary alicyclic amines) is 1. The first-order valence-corrected chi connectivity index (χ1v) is 8.43. The summed E-state index contributed by atoms with van der Waals surface area (Å²) >= 11 is 1.80. The van der Waals surface area contributed by atoms with E-state index in [0.29, 0.717) is 11.8 Å². The quantitative estimate of drug-likeness (QED) is 0.909. The van der Waals surface area contributed by atoms with Crippen LogP contribution in [0.2, 0.25) is 0 Å². The topological polar surface area (TPSA) is 45.2 Å². The van der Waals surface area contributed by atoms with Crippen molar-refractivity contribution in [2.24, 2.45) is 0 Å². The van der Waals surface area contributed by atoms with Crippen LogP contribution in [0, 0.1) is 13.8 Å². The number of carbonyl (C=O) groups excluding carboxylic acids is 1. The maximum absolute atomic E-state index is 12.5. The van der Waals surface area contributed by atoms with Gasteiger partial charge in [-0.1, -0.05) is 0 Å². The Labute approximate surface area is 124 Å². The largest absolute Gasteiger partial charge is 0.341 e. The average Bonchev–Trinajstić information content (AvgIpc) is 3.09. The molecule has 3 rings (SSSR count). The van der Waals surface area contributed by atoms with E-state index in [0.717, 1.165) is 51.0 Å². The highest BCUT2D eigenvalue weighted by Gasteiger charge is 2.31. The van der Waals surface area contributed by atoms with Crippen LogP contribution >= 0.6 is 11.3 Å². The van der Waals surface area contributed by atoms with Gasteiger partial charge in [-0.3, -0.25) is 4.79 Å². The number of nitrogens with one attached hydrogen (secondary N) is 1. The van der Waals surface area contributed by atoms with Crippen molar-refractivity contribution in [3.63, 3.8) is 0 Å². The minimum Gasteiger partial charge on any atom is -0.341 e. The molecule has 1 aromatic heterocycles. The summed E-state index contributed by atoms with van der Waals surface area (Å²) < 4.78 is 0. The second-order valence-electron chi connectivity index (χ2n) is 5.97. The van der Waals surface area contributed by atoms with Crippen LogP contribution in [-0.2, 0) is 4.79 Å². The number of thiazole rings is 1. The minimum absolute atomic E-state index is 0.0634. The van der Waals surface area contributed by atoms with Crippen LogP contribution in [0.3, 0.4) is 0 Å². The molecule has 0 saturated carbocycles. The van der Waals surface area contributed by atoms with Gasteiger partial charge in [0.05, 0.1) is 16.7 Å². The highest BCUT2D eigenvalue weighted by molar-refractivity contribution is 7.11. The lowest BCUT2D eigenvalue weighted by atomic mass is 9.98. The monoisotopic (exact) mass is 293 g/mol. The van der Waals surface area contributed by atoms with Gasteiger partial charge in [0.2, 0.25) is 5.91 Å². The third-order valence-corrected chi connectivity index (χ3v) is 5.72. The van der Waals surface area contributed by atoms with Gasteiger partial charge in [-0.05, 0) is 46.1 Å².